The van der Waals surface area contributed by atoms with E-state index in [0.717, 1.165) is 6.42 Å². The van der Waals surface area contributed by atoms with Crippen molar-refractivity contribution in [3.63, 3.8) is 0 Å². The van der Waals surface area contributed by atoms with Crippen molar-refractivity contribution in [1.82, 2.24) is 15.5 Å². The zero-order valence-electron chi connectivity index (χ0n) is 18.8. The molecule has 3 atom stereocenters. The lowest BCUT2D eigenvalue weighted by molar-refractivity contribution is -0.133. The number of amides is 2. The number of nitrogens with one attached hydrogen (secondary N) is 2. The van der Waals surface area contributed by atoms with E-state index in [-0.39, 0.29) is 30.4 Å². The molecule has 1 aliphatic rings. The molecule has 3 N–H and O–H groups in total. The molecule has 8 heteroatoms. The quantitative estimate of drug-likeness (QED) is 0.497. The molecule has 0 aliphatic carbocycles. The molecule has 2 amide bonds. The highest BCUT2D eigenvalue weighted by atomic mass is 35.5. The van der Waals surface area contributed by atoms with Gasteiger partial charge in [0.25, 0.3) is 5.91 Å². The van der Waals surface area contributed by atoms with E-state index in [0.29, 0.717) is 48.1 Å². The second-order valence-electron chi connectivity index (χ2n) is 8.36. The van der Waals surface area contributed by atoms with Crippen LogP contribution >= 0.6 is 23.2 Å². The summed E-state index contributed by atoms with van der Waals surface area (Å²) in [4.78, 5) is 27.7. The van der Waals surface area contributed by atoms with E-state index >= 15 is 0 Å². The third kappa shape index (κ3) is 6.93. The van der Waals surface area contributed by atoms with Crippen LogP contribution in [0, 0.1) is 0 Å². The minimum absolute atomic E-state index is 0.00302. The number of aliphatic hydroxyl groups is 1. The van der Waals surface area contributed by atoms with Gasteiger partial charge in [-0.1, -0.05) is 60.5 Å². The maximum absolute atomic E-state index is 13.2. The van der Waals surface area contributed by atoms with Crippen molar-refractivity contribution in [2.45, 2.75) is 44.2 Å². The van der Waals surface area contributed by atoms with Crippen LogP contribution in [0.4, 0.5) is 0 Å². The SMILES string of the molecule is CC[C@H](CN1CC[C@@H](CNC(=O)c2ccc(Cl)c(Cl)c2)N[C@@H](CCO)C1=O)c1ccccc1. The summed E-state index contributed by atoms with van der Waals surface area (Å²) in [7, 11) is 0. The molecule has 0 bridgehead atoms. The molecule has 0 spiro atoms. The molecule has 1 aliphatic heterocycles. The molecular weight excluding hydrogens is 461 g/mol. The summed E-state index contributed by atoms with van der Waals surface area (Å²) in [6.07, 6.45) is 1.95. The third-order valence-corrected chi connectivity index (χ3v) is 6.85. The predicted molar refractivity (Wildman–Crippen MR) is 132 cm³/mol. The summed E-state index contributed by atoms with van der Waals surface area (Å²) in [5.41, 5.74) is 1.64. The van der Waals surface area contributed by atoms with E-state index in [1.165, 1.54) is 11.6 Å². The van der Waals surface area contributed by atoms with Gasteiger partial charge in [0.1, 0.15) is 0 Å². The van der Waals surface area contributed by atoms with Gasteiger partial charge in [0, 0.05) is 43.8 Å². The van der Waals surface area contributed by atoms with E-state index in [9.17, 15) is 14.7 Å². The monoisotopic (exact) mass is 491 g/mol. The number of aliphatic hydroxyl groups excluding tert-OH is 1. The number of benzene rings is 2. The number of carbonyl (C=O) groups is 2. The van der Waals surface area contributed by atoms with Crippen LogP contribution in [0.2, 0.25) is 10.0 Å². The van der Waals surface area contributed by atoms with Crippen LogP contribution in [-0.2, 0) is 4.79 Å². The number of nitrogens with zero attached hydrogens (tertiary/aromatic N) is 1. The Morgan fingerprint density at radius 2 is 1.97 bits per heavy atom. The Kier molecular flexibility index (Phi) is 9.56. The van der Waals surface area contributed by atoms with Crippen molar-refractivity contribution in [3.8, 4) is 0 Å². The van der Waals surface area contributed by atoms with Crippen LogP contribution in [-0.4, -0.2) is 60.1 Å². The van der Waals surface area contributed by atoms with Gasteiger partial charge in [0.05, 0.1) is 16.1 Å². The Balaban J connectivity index is 1.65. The second-order valence-corrected chi connectivity index (χ2v) is 9.17. The summed E-state index contributed by atoms with van der Waals surface area (Å²) in [6.45, 7) is 3.62. The molecule has 2 aromatic rings. The van der Waals surface area contributed by atoms with E-state index in [1.807, 2.05) is 23.1 Å². The summed E-state index contributed by atoms with van der Waals surface area (Å²) < 4.78 is 0. The first kappa shape index (κ1) is 25.5. The standard InChI is InChI=1S/C25H31Cl2N3O3/c1-2-17(18-6-4-3-5-7-18)16-30-12-10-20(29-23(11-13-31)25(30)33)15-28-24(32)19-8-9-21(26)22(27)14-19/h3-9,14,17,20,23,29,31H,2,10-13,15-16H2,1H3,(H,28,32)/t17-,20+,23+/m1/s1. The fourth-order valence-electron chi connectivity index (χ4n) is 4.18. The van der Waals surface area contributed by atoms with Crippen LogP contribution in [0.1, 0.15) is 48.0 Å². The summed E-state index contributed by atoms with van der Waals surface area (Å²) in [5.74, 6) is -0.01000. The summed E-state index contributed by atoms with van der Waals surface area (Å²) in [6, 6.07) is 14.4. The lowest BCUT2D eigenvalue weighted by Crippen LogP contribution is -2.49. The average Bonchev–Trinajstić information content (AvgIpc) is 2.97. The molecule has 1 saturated heterocycles. The fourth-order valence-corrected chi connectivity index (χ4v) is 4.47. The number of carbonyl (C=O) groups excluding carboxylic acids is 2. The number of rotatable bonds is 9. The Morgan fingerprint density at radius 1 is 1.21 bits per heavy atom. The predicted octanol–water partition coefficient (Wildman–Crippen LogP) is 3.86. The zero-order chi connectivity index (χ0) is 23.8. The smallest absolute Gasteiger partial charge is 0.251 e. The van der Waals surface area contributed by atoms with Crippen molar-refractivity contribution in [2.75, 3.05) is 26.2 Å². The van der Waals surface area contributed by atoms with Gasteiger partial charge in [0.2, 0.25) is 5.91 Å². The maximum Gasteiger partial charge on any atom is 0.251 e. The molecule has 3 rings (SSSR count). The van der Waals surface area contributed by atoms with Gasteiger partial charge in [-0.15, -0.1) is 0 Å². The Labute approximate surface area is 205 Å². The summed E-state index contributed by atoms with van der Waals surface area (Å²) >= 11 is 12.0. The van der Waals surface area contributed by atoms with Crippen molar-refractivity contribution >= 4 is 35.0 Å². The van der Waals surface area contributed by atoms with Crippen LogP contribution in [0.3, 0.4) is 0 Å². The highest BCUT2D eigenvalue weighted by Crippen LogP contribution is 2.24. The normalized spacial score (nSPS) is 19.8. The van der Waals surface area contributed by atoms with Crippen molar-refractivity contribution < 1.29 is 14.7 Å². The minimum atomic E-state index is -0.488. The van der Waals surface area contributed by atoms with E-state index in [2.05, 4.69) is 29.7 Å². The Morgan fingerprint density at radius 3 is 2.64 bits per heavy atom. The van der Waals surface area contributed by atoms with Crippen LogP contribution in [0.25, 0.3) is 0 Å². The van der Waals surface area contributed by atoms with Gasteiger partial charge in [-0.3, -0.25) is 9.59 Å². The number of hydrogen-bond acceptors (Lipinski definition) is 4. The molecule has 1 fully saturated rings. The van der Waals surface area contributed by atoms with Crippen LogP contribution < -0.4 is 10.6 Å². The zero-order valence-corrected chi connectivity index (χ0v) is 20.3. The topological polar surface area (TPSA) is 81.7 Å². The van der Waals surface area contributed by atoms with Crippen LogP contribution in [0.15, 0.2) is 48.5 Å². The van der Waals surface area contributed by atoms with Gasteiger partial charge in [-0.2, -0.15) is 0 Å². The molecule has 0 radical (unpaired) electrons. The Hall–Kier alpha value is -2.12. The third-order valence-electron chi connectivity index (χ3n) is 6.11. The van der Waals surface area contributed by atoms with Crippen molar-refractivity contribution in [2.24, 2.45) is 0 Å². The molecule has 0 aromatic heterocycles. The van der Waals surface area contributed by atoms with E-state index < -0.39 is 6.04 Å². The average molecular weight is 492 g/mol. The fraction of sp³-hybridized carbons (Fsp3) is 0.440. The molecule has 0 unspecified atom stereocenters. The first-order valence-corrected chi connectivity index (χ1v) is 12.1. The molecule has 2 aromatic carbocycles. The molecular formula is C25H31Cl2N3O3. The first-order chi connectivity index (χ1) is 15.9. The van der Waals surface area contributed by atoms with Gasteiger partial charge < -0.3 is 20.6 Å². The highest BCUT2D eigenvalue weighted by molar-refractivity contribution is 6.42. The first-order valence-electron chi connectivity index (χ1n) is 11.4. The molecule has 0 saturated carbocycles. The van der Waals surface area contributed by atoms with Crippen molar-refractivity contribution in [3.05, 3.63) is 69.7 Å². The molecule has 6 nitrogen and oxygen atoms in total. The highest BCUT2D eigenvalue weighted by Gasteiger charge is 2.31. The minimum Gasteiger partial charge on any atom is -0.396 e. The molecule has 33 heavy (non-hydrogen) atoms. The van der Waals surface area contributed by atoms with Gasteiger partial charge in [-0.05, 0) is 43.0 Å². The Bertz CT molecular complexity index is 942. The largest absolute Gasteiger partial charge is 0.396 e. The molecule has 178 valence electrons. The van der Waals surface area contributed by atoms with E-state index in [4.69, 9.17) is 23.2 Å². The molecule has 1 heterocycles. The van der Waals surface area contributed by atoms with E-state index in [1.54, 1.807) is 12.1 Å². The number of hydrogen-bond donors (Lipinski definition) is 3. The maximum atomic E-state index is 13.2. The van der Waals surface area contributed by atoms with Gasteiger partial charge >= 0.3 is 0 Å². The lowest BCUT2D eigenvalue weighted by atomic mass is 9.95. The summed E-state index contributed by atoms with van der Waals surface area (Å²) in [5, 5.41) is 16.5. The second kappa shape index (κ2) is 12.4. The number of halogens is 2. The lowest BCUT2D eigenvalue weighted by Gasteiger charge is -2.28. The van der Waals surface area contributed by atoms with Crippen molar-refractivity contribution in [1.29, 1.82) is 0 Å². The van der Waals surface area contributed by atoms with Gasteiger partial charge in [0.15, 0.2) is 0 Å². The van der Waals surface area contributed by atoms with Crippen LogP contribution in [0.5, 0.6) is 0 Å². The van der Waals surface area contributed by atoms with Gasteiger partial charge in [-0.25, -0.2) is 0 Å².